The van der Waals surface area contributed by atoms with Gasteiger partial charge in [0.05, 0.1) is 11.7 Å². The SMILES string of the molecule is CC1=NN(c2[c-]c(Oc3[c-]c(N4[CH-]N([C@@H]5C=CC=CC5)C(C)=N4)ccc3)ccc2)[CH-]N1c1ccccc1.[Pt+4]. The Morgan fingerprint density at radius 1 is 0.789 bits per heavy atom. The molecule has 1 aliphatic carbocycles. The standard InChI is InChI=1S/C30H26N6O.Pt/c1-23-31-35(21-33(23)25-11-5-3-6-12-25)27-15-9-17-29(19-27)37-30-18-10-16-28(20-30)36-22-34(24(2)32-36)26-13-7-4-8-14-26;/h3-13,15-18,21-22,26H,14H2,1-2H3;/q-4;+4/t26-;/m1./s1. The van der Waals surface area contributed by atoms with Gasteiger partial charge in [-0.15, -0.1) is 49.7 Å². The van der Waals surface area contributed by atoms with E-state index in [1.807, 2.05) is 91.7 Å². The van der Waals surface area contributed by atoms with Gasteiger partial charge in [-0.3, -0.25) is 0 Å². The number of anilines is 3. The molecular formula is C30H26N6OPt. The summed E-state index contributed by atoms with van der Waals surface area (Å²) >= 11 is 0. The molecule has 3 aromatic rings. The number of allylic oxidation sites excluding steroid dienone is 2. The summed E-state index contributed by atoms with van der Waals surface area (Å²) in [5, 5.41) is 13.0. The van der Waals surface area contributed by atoms with Crippen LogP contribution in [0, 0.1) is 25.5 Å². The van der Waals surface area contributed by atoms with Gasteiger partial charge in [0, 0.05) is 23.2 Å². The van der Waals surface area contributed by atoms with E-state index in [-0.39, 0.29) is 27.1 Å². The van der Waals surface area contributed by atoms with E-state index >= 15 is 0 Å². The Hall–Kier alpha value is -3.83. The van der Waals surface area contributed by atoms with Crippen LogP contribution in [-0.4, -0.2) is 22.6 Å². The van der Waals surface area contributed by atoms with E-state index in [4.69, 9.17) is 9.84 Å². The summed E-state index contributed by atoms with van der Waals surface area (Å²) in [7, 11) is 0. The normalized spacial score (nSPS) is 18.4. The Bertz CT molecular complexity index is 1400. The van der Waals surface area contributed by atoms with Gasteiger partial charge in [0.2, 0.25) is 0 Å². The quantitative estimate of drug-likeness (QED) is 0.286. The number of hydrogen-bond acceptors (Lipinski definition) is 7. The molecule has 0 saturated heterocycles. The molecule has 3 aromatic carbocycles. The third kappa shape index (κ3) is 5.39. The van der Waals surface area contributed by atoms with Crippen molar-refractivity contribution in [3.05, 3.63) is 117 Å². The summed E-state index contributed by atoms with van der Waals surface area (Å²) in [6, 6.07) is 28.6. The van der Waals surface area contributed by atoms with E-state index in [0.717, 1.165) is 35.2 Å². The van der Waals surface area contributed by atoms with Crippen molar-refractivity contribution >= 4 is 28.7 Å². The molecular weight excluding hydrogens is 655 g/mol. The first-order valence-electron chi connectivity index (χ1n) is 12.2. The fourth-order valence-electron chi connectivity index (χ4n) is 4.41. The average Bonchev–Trinajstić information content (AvgIpc) is 3.53. The van der Waals surface area contributed by atoms with Crippen LogP contribution in [0.4, 0.5) is 17.1 Å². The molecule has 0 bridgehead atoms. The molecule has 0 fully saturated rings. The molecule has 0 unspecified atom stereocenters. The van der Waals surface area contributed by atoms with E-state index in [0.29, 0.717) is 11.5 Å². The summed E-state index contributed by atoms with van der Waals surface area (Å²) in [4.78, 5) is 4.21. The monoisotopic (exact) mass is 681 g/mol. The smallest absolute Gasteiger partial charge is 0.509 e. The molecule has 1 atom stereocenters. The molecule has 6 rings (SSSR count). The zero-order valence-corrected chi connectivity index (χ0v) is 23.3. The Morgan fingerprint density at radius 3 is 2.11 bits per heavy atom. The van der Waals surface area contributed by atoms with Gasteiger partial charge in [-0.1, -0.05) is 53.9 Å². The van der Waals surface area contributed by atoms with Gasteiger partial charge in [0.15, 0.2) is 0 Å². The molecule has 38 heavy (non-hydrogen) atoms. The Balaban J connectivity index is 0.00000294. The van der Waals surface area contributed by atoms with Crippen molar-refractivity contribution in [1.29, 1.82) is 0 Å². The average molecular weight is 682 g/mol. The van der Waals surface area contributed by atoms with Crippen LogP contribution in [-0.2, 0) is 21.1 Å². The molecule has 7 nitrogen and oxygen atoms in total. The first-order valence-corrected chi connectivity index (χ1v) is 12.2. The fourth-order valence-corrected chi connectivity index (χ4v) is 4.41. The predicted octanol–water partition coefficient (Wildman–Crippen LogP) is 6.32. The number of nitrogens with zero attached hydrogens (tertiary/aromatic N) is 6. The van der Waals surface area contributed by atoms with Crippen LogP contribution in [0.15, 0.2) is 101 Å². The third-order valence-corrected chi connectivity index (χ3v) is 6.26. The largest absolute Gasteiger partial charge is 4.00 e. The van der Waals surface area contributed by atoms with Gasteiger partial charge in [-0.2, -0.15) is 22.3 Å². The van der Waals surface area contributed by atoms with E-state index in [1.54, 1.807) is 5.01 Å². The Labute approximate surface area is 238 Å². The molecule has 0 amide bonds. The van der Waals surface area contributed by atoms with Gasteiger partial charge in [0.1, 0.15) is 0 Å². The Morgan fingerprint density at radius 2 is 1.45 bits per heavy atom. The molecule has 0 radical (unpaired) electrons. The maximum atomic E-state index is 6.15. The third-order valence-electron chi connectivity index (χ3n) is 6.26. The van der Waals surface area contributed by atoms with Crippen molar-refractivity contribution in [2.24, 2.45) is 10.2 Å². The molecule has 0 spiro atoms. The van der Waals surface area contributed by atoms with Gasteiger partial charge in [-0.25, -0.2) is 0 Å². The number of hydrazone groups is 2. The van der Waals surface area contributed by atoms with E-state index in [1.165, 1.54) is 0 Å². The van der Waals surface area contributed by atoms with Crippen LogP contribution in [0.5, 0.6) is 11.5 Å². The maximum Gasteiger partial charge on any atom is 4.00 e. The number of amidine groups is 2. The first kappa shape index (κ1) is 25.8. The fraction of sp³-hybridized carbons (Fsp3) is 0.133. The van der Waals surface area contributed by atoms with Gasteiger partial charge < -0.3 is 24.6 Å². The number of ether oxygens (including phenoxy) is 1. The van der Waals surface area contributed by atoms with Crippen molar-refractivity contribution in [3.8, 4) is 11.5 Å². The molecule has 0 saturated carbocycles. The minimum Gasteiger partial charge on any atom is -0.509 e. The topological polar surface area (TPSA) is 46.9 Å². The first-order chi connectivity index (χ1) is 18.1. The number of para-hydroxylation sites is 1. The number of rotatable bonds is 6. The number of hydrogen-bond donors (Lipinski definition) is 0. The Kier molecular flexibility index (Phi) is 7.66. The zero-order valence-electron chi connectivity index (χ0n) is 21.0. The molecule has 0 aromatic heterocycles. The van der Waals surface area contributed by atoms with Crippen LogP contribution in [0.2, 0.25) is 0 Å². The second-order valence-electron chi connectivity index (χ2n) is 8.85. The van der Waals surface area contributed by atoms with Crippen LogP contribution in [0.3, 0.4) is 0 Å². The van der Waals surface area contributed by atoms with Gasteiger partial charge in [-0.05, 0) is 32.4 Å². The second-order valence-corrected chi connectivity index (χ2v) is 8.85. The maximum absolute atomic E-state index is 6.15. The predicted molar refractivity (Wildman–Crippen MR) is 148 cm³/mol. The summed E-state index contributed by atoms with van der Waals surface area (Å²) in [5.41, 5.74) is 2.64. The summed E-state index contributed by atoms with van der Waals surface area (Å²) in [6.45, 7) is 7.95. The van der Waals surface area contributed by atoms with Crippen LogP contribution in [0.1, 0.15) is 20.3 Å². The van der Waals surface area contributed by atoms with Crippen LogP contribution < -0.4 is 19.7 Å². The van der Waals surface area contributed by atoms with E-state index < -0.39 is 0 Å². The van der Waals surface area contributed by atoms with Crippen LogP contribution >= 0.6 is 0 Å². The summed E-state index contributed by atoms with van der Waals surface area (Å²) < 4.78 is 6.15. The van der Waals surface area contributed by atoms with Crippen molar-refractivity contribution in [1.82, 2.24) is 4.90 Å². The zero-order chi connectivity index (χ0) is 25.2. The molecule has 2 aliphatic heterocycles. The molecule has 8 heteroatoms. The molecule has 192 valence electrons. The molecule has 2 heterocycles. The second kappa shape index (κ2) is 11.3. The van der Waals surface area contributed by atoms with Crippen LogP contribution in [0.25, 0.3) is 0 Å². The van der Waals surface area contributed by atoms with E-state index in [2.05, 4.69) is 58.6 Å². The number of benzene rings is 3. The summed E-state index contributed by atoms with van der Waals surface area (Å²) in [6.07, 6.45) is 9.47. The summed E-state index contributed by atoms with van der Waals surface area (Å²) in [5.74, 6) is 2.98. The van der Waals surface area contributed by atoms with Gasteiger partial charge in [0.25, 0.3) is 0 Å². The molecule has 0 N–H and O–H groups in total. The van der Waals surface area contributed by atoms with E-state index in [9.17, 15) is 0 Å². The minimum atomic E-state index is 0. The van der Waals surface area contributed by atoms with Crippen molar-refractivity contribution in [3.63, 3.8) is 0 Å². The minimum absolute atomic E-state index is 0. The van der Waals surface area contributed by atoms with Crippen molar-refractivity contribution in [2.45, 2.75) is 26.3 Å². The van der Waals surface area contributed by atoms with Crippen molar-refractivity contribution in [2.75, 3.05) is 14.9 Å². The molecule has 3 aliphatic rings. The van der Waals surface area contributed by atoms with Crippen molar-refractivity contribution < 1.29 is 25.8 Å². The van der Waals surface area contributed by atoms with Gasteiger partial charge >= 0.3 is 21.1 Å².